The van der Waals surface area contributed by atoms with Gasteiger partial charge in [-0.25, -0.2) is 4.79 Å². The summed E-state index contributed by atoms with van der Waals surface area (Å²) in [6, 6.07) is 4.44. The van der Waals surface area contributed by atoms with Gasteiger partial charge in [-0.3, -0.25) is 0 Å². The molecule has 2 aliphatic carbocycles. The predicted octanol–water partition coefficient (Wildman–Crippen LogP) is 3.75. The molecular formula is C19H30N2O3. The molecule has 24 heavy (non-hydrogen) atoms. The second-order valence-electron chi connectivity index (χ2n) is 7.68. The molecule has 1 N–H and O–H groups in total. The minimum atomic E-state index is -0.0108. The number of urea groups is 1. The van der Waals surface area contributed by atoms with Crippen LogP contribution in [0.5, 0.6) is 0 Å². The van der Waals surface area contributed by atoms with Crippen LogP contribution in [0.25, 0.3) is 0 Å². The van der Waals surface area contributed by atoms with Crippen molar-refractivity contribution in [2.24, 2.45) is 11.8 Å². The van der Waals surface area contributed by atoms with Crippen molar-refractivity contribution < 1.29 is 13.9 Å². The van der Waals surface area contributed by atoms with Crippen LogP contribution in [0.2, 0.25) is 0 Å². The molecule has 0 radical (unpaired) electrons. The average Bonchev–Trinajstić information content (AvgIpc) is 3.45. The maximum absolute atomic E-state index is 12.4. The number of nitrogens with zero attached hydrogens (tertiary/aromatic N) is 1. The molecule has 2 fully saturated rings. The topological polar surface area (TPSA) is 54.7 Å². The van der Waals surface area contributed by atoms with Gasteiger partial charge >= 0.3 is 6.03 Å². The summed E-state index contributed by atoms with van der Waals surface area (Å²) in [5.74, 6) is 3.81. The number of amides is 2. The fourth-order valence-corrected chi connectivity index (χ4v) is 2.97. The van der Waals surface area contributed by atoms with Crippen LogP contribution >= 0.6 is 0 Å². The zero-order chi connectivity index (χ0) is 17.1. The fourth-order valence-electron chi connectivity index (χ4n) is 2.97. The Hall–Kier alpha value is -1.49. The molecular weight excluding hydrogens is 304 g/mol. The molecule has 1 heterocycles. The smallest absolute Gasteiger partial charge is 0.318 e. The normalized spacial score (nSPS) is 22.7. The van der Waals surface area contributed by atoms with Crippen molar-refractivity contribution in [3.63, 3.8) is 0 Å². The van der Waals surface area contributed by atoms with E-state index in [2.05, 4.69) is 32.2 Å². The number of ether oxygens (including phenoxy) is 1. The highest BCUT2D eigenvalue weighted by molar-refractivity contribution is 5.74. The van der Waals surface area contributed by atoms with Crippen LogP contribution in [0, 0.1) is 11.8 Å². The maximum Gasteiger partial charge on any atom is 0.318 e. The van der Waals surface area contributed by atoms with Crippen LogP contribution in [0.1, 0.15) is 57.5 Å². The first kappa shape index (κ1) is 17.3. The molecule has 0 spiro atoms. The monoisotopic (exact) mass is 334 g/mol. The molecule has 1 aromatic heterocycles. The lowest BCUT2D eigenvalue weighted by Gasteiger charge is -2.22. The highest BCUT2D eigenvalue weighted by Crippen LogP contribution is 2.47. The van der Waals surface area contributed by atoms with Gasteiger partial charge in [0.25, 0.3) is 0 Å². The summed E-state index contributed by atoms with van der Waals surface area (Å²) < 4.78 is 11.5. The van der Waals surface area contributed by atoms with Gasteiger partial charge in [-0.05, 0) is 43.2 Å². The SMILES string of the molecule is CC(C)COCCNC(=O)N(Cc1ccc(C2CC2C)o1)C1CC1. The third-order valence-corrected chi connectivity index (χ3v) is 4.71. The Balaban J connectivity index is 1.45. The molecule has 0 bridgehead atoms. The molecule has 5 heteroatoms. The summed E-state index contributed by atoms with van der Waals surface area (Å²) >= 11 is 0. The molecule has 0 aromatic carbocycles. The molecule has 0 saturated heterocycles. The first-order valence-corrected chi connectivity index (χ1v) is 9.25. The molecule has 2 unspecified atom stereocenters. The van der Waals surface area contributed by atoms with E-state index in [0.717, 1.165) is 36.9 Å². The number of furan rings is 1. The molecule has 134 valence electrons. The van der Waals surface area contributed by atoms with E-state index < -0.39 is 0 Å². The Morgan fingerprint density at radius 3 is 2.79 bits per heavy atom. The van der Waals surface area contributed by atoms with Gasteiger partial charge in [0.05, 0.1) is 13.2 Å². The number of nitrogens with one attached hydrogen (secondary N) is 1. The van der Waals surface area contributed by atoms with Gasteiger partial charge in [-0.15, -0.1) is 0 Å². The highest BCUT2D eigenvalue weighted by Gasteiger charge is 2.37. The van der Waals surface area contributed by atoms with E-state index >= 15 is 0 Å². The van der Waals surface area contributed by atoms with E-state index in [1.807, 2.05) is 11.0 Å². The van der Waals surface area contributed by atoms with Crippen LogP contribution < -0.4 is 5.32 Å². The number of rotatable bonds is 9. The van der Waals surface area contributed by atoms with Crippen molar-refractivity contribution in [1.82, 2.24) is 10.2 Å². The minimum Gasteiger partial charge on any atom is -0.464 e. The van der Waals surface area contributed by atoms with Gasteiger partial charge in [0.2, 0.25) is 0 Å². The van der Waals surface area contributed by atoms with Crippen molar-refractivity contribution >= 4 is 6.03 Å². The van der Waals surface area contributed by atoms with E-state index in [-0.39, 0.29) is 6.03 Å². The molecule has 0 aliphatic heterocycles. The maximum atomic E-state index is 12.4. The average molecular weight is 334 g/mol. The third kappa shape index (κ3) is 4.76. The highest BCUT2D eigenvalue weighted by atomic mass is 16.5. The minimum absolute atomic E-state index is 0.0108. The molecule has 5 nitrogen and oxygen atoms in total. The summed E-state index contributed by atoms with van der Waals surface area (Å²) in [6.45, 7) is 8.89. The Bertz CT molecular complexity index is 551. The Morgan fingerprint density at radius 1 is 1.42 bits per heavy atom. The molecule has 2 aliphatic rings. The van der Waals surface area contributed by atoms with Crippen LogP contribution in [0.4, 0.5) is 4.79 Å². The second-order valence-corrected chi connectivity index (χ2v) is 7.68. The predicted molar refractivity (Wildman–Crippen MR) is 92.9 cm³/mol. The molecule has 3 rings (SSSR count). The molecule has 2 saturated carbocycles. The van der Waals surface area contributed by atoms with Crippen LogP contribution in [0.3, 0.4) is 0 Å². The summed E-state index contributed by atoms with van der Waals surface area (Å²) in [6.07, 6.45) is 3.39. The summed E-state index contributed by atoms with van der Waals surface area (Å²) in [4.78, 5) is 14.4. The lowest BCUT2D eigenvalue weighted by atomic mass is 10.2. The lowest BCUT2D eigenvalue weighted by molar-refractivity contribution is 0.110. The summed E-state index contributed by atoms with van der Waals surface area (Å²) in [5.41, 5.74) is 0. The van der Waals surface area contributed by atoms with Crippen molar-refractivity contribution in [3.8, 4) is 0 Å². The van der Waals surface area contributed by atoms with E-state index in [4.69, 9.17) is 9.15 Å². The molecule has 2 atom stereocenters. The van der Waals surface area contributed by atoms with Crippen molar-refractivity contribution in [3.05, 3.63) is 23.7 Å². The van der Waals surface area contributed by atoms with Gasteiger partial charge in [-0.1, -0.05) is 20.8 Å². The van der Waals surface area contributed by atoms with Crippen LogP contribution in [0.15, 0.2) is 16.5 Å². The quantitative estimate of drug-likeness (QED) is 0.700. The van der Waals surface area contributed by atoms with Crippen LogP contribution in [-0.2, 0) is 11.3 Å². The Morgan fingerprint density at radius 2 is 2.17 bits per heavy atom. The summed E-state index contributed by atoms with van der Waals surface area (Å²) in [5, 5.41) is 2.97. The number of carbonyl (C=O) groups excluding carboxylic acids is 1. The lowest BCUT2D eigenvalue weighted by Crippen LogP contribution is -2.42. The fraction of sp³-hybridized carbons (Fsp3) is 0.737. The van der Waals surface area contributed by atoms with E-state index in [1.54, 1.807) is 0 Å². The number of hydrogen-bond donors (Lipinski definition) is 1. The van der Waals surface area contributed by atoms with Gasteiger partial charge in [0.15, 0.2) is 0 Å². The molecule has 1 aromatic rings. The first-order valence-electron chi connectivity index (χ1n) is 9.25. The second kappa shape index (κ2) is 7.60. The van der Waals surface area contributed by atoms with Gasteiger partial charge < -0.3 is 19.4 Å². The zero-order valence-corrected chi connectivity index (χ0v) is 15.1. The zero-order valence-electron chi connectivity index (χ0n) is 15.1. The standard InChI is InChI=1S/C19H30N2O3/c1-13(2)12-23-9-8-20-19(22)21(15-4-5-15)11-16-6-7-18(24-16)17-10-14(17)3/h6-7,13-15,17H,4-5,8-12H2,1-3H3,(H,20,22). The first-order chi connectivity index (χ1) is 11.5. The van der Waals surface area contributed by atoms with E-state index in [0.29, 0.717) is 37.6 Å². The van der Waals surface area contributed by atoms with E-state index in [1.165, 1.54) is 6.42 Å². The Kier molecular flexibility index (Phi) is 5.49. The van der Waals surface area contributed by atoms with Gasteiger partial charge in [-0.2, -0.15) is 0 Å². The van der Waals surface area contributed by atoms with E-state index in [9.17, 15) is 4.79 Å². The van der Waals surface area contributed by atoms with Gasteiger partial charge in [0, 0.05) is 25.1 Å². The van der Waals surface area contributed by atoms with Crippen molar-refractivity contribution in [1.29, 1.82) is 0 Å². The van der Waals surface area contributed by atoms with Gasteiger partial charge in [0.1, 0.15) is 11.5 Å². The molecule has 2 amide bonds. The summed E-state index contributed by atoms with van der Waals surface area (Å²) in [7, 11) is 0. The van der Waals surface area contributed by atoms with Crippen LogP contribution in [-0.4, -0.2) is 36.7 Å². The number of hydrogen-bond acceptors (Lipinski definition) is 3. The third-order valence-electron chi connectivity index (χ3n) is 4.71. The van der Waals surface area contributed by atoms with Crippen molar-refractivity contribution in [2.45, 2.75) is 58.5 Å². The largest absolute Gasteiger partial charge is 0.464 e. The number of carbonyl (C=O) groups is 1. The van der Waals surface area contributed by atoms with Crippen molar-refractivity contribution in [2.75, 3.05) is 19.8 Å². The Labute approximate surface area is 144 Å².